The monoisotopic (exact) mass is 367 g/mol. The molecule has 1 aromatic heterocycles. The molecule has 124 valence electrons. The van der Waals surface area contributed by atoms with Gasteiger partial charge in [-0.1, -0.05) is 42.6 Å². The van der Waals surface area contributed by atoms with Gasteiger partial charge in [-0.2, -0.15) is 0 Å². The Hall–Kier alpha value is -0.540. The lowest BCUT2D eigenvalue weighted by Gasteiger charge is -2.19. The zero-order valence-corrected chi connectivity index (χ0v) is 15.8. The lowest BCUT2D eigenvalue weighted by Crippen LogP contribution is -2.15. The first-order valence-corrected chi connectivity index (χ1v) is 9.98. The van der Waals surface area contributed by atoms with Gasteiger partial charge in [-0.25, -0.2) is 0 Å². The Morgan fingerprint density at radius 2 is 2.09 bits per heavy atom. The van der Waals surface area contributed by atoms with E-state index in [1.807, 2.05) is 29.5 Å². The van der Waals surface area contributed by atoms with Crippen molar-refractivity contribution in [3.8, 4) is 0 Å². The number of halogens is 2. The van der Waals surface area contributed by atoms with Crippen LogP contribution in [-0.2, 0) is 25.8 Å². The molecule has 1 aliphatic rings. The van der Waals surface area contributed by atoms with Crippen LogP contribution in [0.3, 0.4) is 0 Å². The first kappa shape index (κ1) is 17.3. The second-order valence-corrected chi connectivity index (χ2v) is 8.39. The number of fused-ring (bicyclic) bond motifs is 1. The zero-order valence-electron chi connectivity index (χ0n) is 13.5. The van der Waals surface area contributed by atoms with Gasteiger partial charge >= 0.3 is 0 Å². The highest BCUT2D eigenvalue weighted by Crippen LogP contribution is 2.33. The molecule has 1 N–H and O–H groups in total. The van der Waals surface area contributed by atoms with Crippen LogP contribution in [0.1, 0.15) is 40.6 Å². The normalized spacial score (nSPS) is 17.3. The van der Waals surface area contributed by atoms with E-state index in [2.05, 4.69) is 18.3 Å². The van der Waals surface area contributed by atoms with Gasteiger partial charge in [-0.15, -0.1) is 11.3 Å². The Morgan fingerprint density at radius 1 is 1.22 bits per heavy atom. The highest BCUT2D eigenvalue weighted by atomic mass is 35.5. The molecule has 0 bridgehead atoms. The molecule has 1 aromatic carbocycles. The smallest absolute Gasteiger partial charge is 0.0595 e. The lowest BCUT2D eigenvalue weighted by atomic mass is 9.87. The maximum atomic E-state index is 6.05. The number of thiophene rings is 1. The fourth-order valence-corrected chi connectivity index (χ4v) is 4.84. The van der Waals surface area contributed by atoms with Crippen molar-refractivity contribution in [2.45, 2.75) is 45.6 Å². The molecule has 1 unspecified atom stereocenters. The molecule has 0 saturated heterocycles. The second-order valence-electron chi connectivity index (χ2n) is 6.35. The van der Waals surface area contributed by atoms with E-state index in [0.717, 1.165) is 25.4 Å². The van der Waals surface area contributed by atoms with Crippen molar-refractivity contribution in [3.05, 3.63) is 55.2 Å². The van der Waals surface area contributed by atoms with E-state index < -0.39 is 0 Å². The summed E-state index contributed by atoms with van der Waals surface area (Å²) in [5, 5.41) is 4.82. The number of benzene rings is 1. The van der Waals surface area contributed by atoms with Crippen molar-refractivity contribution >= 4 is 34.5 Å². The van der Waals surface area contributed by atoms with E-state index in [0.29, 0.717) is 10.0 Å². The van der Waals surface area contributed by atoms with E-state index in [9.17, 15) is 0 Å². The second kappa shape index (κ2) is 8.02. The Bertz CT molecular complexity index is 665. The molecule has 2 aromatic rings. The van der Waals surface area contributed by atoms with Crippen LogP contribution in [-0.4, -0.2) is 6.54 Å². The highest BCUT2D eigenvalue weighted by Gasteiger charge is 2.19. The maximum Gasteiger partial charge on any atom is 0.0595 e. The average molecular weight is 368 g/mol. The van der Waals surface area contributed by atoms with Crippen LogP contribution in [0.2, 0.25) is 10.0 Å². The Kier molecular flexibility index (Phi) is 6.03. The summed E-state index contributed by atoms with van der Waals surface area (Å²) in [6.45, 7) is 4.24. The molecule has 1 aliphatic carbocycles. The molecule has 3 rings (SSSR count). The maximum absolute atomic E-state index is 6.05. The van der Waals surface area contributed by atoms with Crippen molar-refractivity contribution < 1.29 is 0 Å². The van der Waals surface area contributed by atoms with Gasteiger partial charge in [-0.3, -0.25) is 0 Å². The Morgan fingerprint density at radius 3 is 2.87 bits per heavy atom. The van der Waals surface area contributed by atoms with E-state index in [4.69, 9.17) is 23.2 Å². The summed E-state index contributed by atoms with van der Waals surface area (Å²) in [5.41, 5.74) is 2.82. The quantitative estimate of drug-likeness (QED) is 0.626. The van der Waals surface area contributed by atoms with Gasteiger partial charge in [0.05, 0.1) is 10.0 Å². The average Bonchev–Trinajstić information content (AvgIpc) is 2.96. The van der Waals surface area contributed by atoms with Gasteiger partial charge in [0, 0.05) is 16.3 Å². The largest absolute Gasteiger partial charge is 0.312 e. The summed E-state index contributed by atoms with van der Waals surface area (Å²) in [4.78, 5) is 3.10. The van der Waals surface area contributed by atoms with Gasteiger partial charge < -0.3 is 5.32 Å². The molecule has 1 atom stereocenters. The zero-order chi connectivity index (χ0) is 16.2. The summed E-state index contributed by atoms with van der Waals surface area (Å²) < 4.78 is 0. The van der Waals surface area contributed by atoms with Crippen molar-refractivity contribution in [3.63, 3.8) is 0 Å². The molecule has 0 radical (unpaired) electrons. The van der Waals surface area contributed by atoms with Crippen LogP contribution in [0.5, 0.6) is 0 Å². The van der Waals surface area contributed by atoms with Gasteiger partial charge in [-0.05, 0) is 67.5 Å². The first-order valence-electron chi connectivity index (χ1n) is 8.40. The minimum atomic E-state index is 0.623. The molecule has 23 heavy (non-hydrogen) atoms. The molecule has 1 heterocycles. The summed E-state index contributed by atoms with van der Waals surface area (Å²) in [6.07, 6.45) is 6.21. The third kappa shape index (κ3) is 4.51. The molecule has 0 aliphatic heterocycles. The number of hydrogen-bond acceptors (Lipinski definition) is 2. The third-order valence-electron chi connectivity index (χ3n) is 4.69. The van der Waals surface area contributed by atoms with Gasteiger partial charge in [0.2, 0.25) is 0 Å². The van der Waals surface area contributed by atoms with Crippen LogP contribution in [0.15, 0.2) is 24.3 Å². The molecule has 0 spiro atoms. The topological polar surface area (TPSA) is 12.0 Å². The van der Waals surface area contributed by atoms with E-state index >= 15 is 0 Å². The predicted octanol–water partition coefficient (Wildman–Crippen LogP) is 5.90. The van der Waals surface area contributed by atoms with Gasteiger partial charge in [0.25, 0.3) is 0 Å². The molecular formula is C19H23Cl2NS. The highest BCUT2D eigenvalue weighted by molar-refractivity contribution is 7.12. The van der Waals surface area contributed by atoms with E-state index in [1.54, 1.807) is 10.4 Å². The first-order chi connectivity index (χ1) is 11.2. The standard InChI is InChI=1S/C19H23Cl2NS/c1-2-13-3-5-15-11-16(23-19(15)10-13)12-22-8-7-14-4-6-17(20)18(21)9-14/h4,6,9,11,13,22H,2-3,5,7-8,10,12H2,1H3. The van der Waals surface area contributed by atoms with Crippen LogP contribution >= 0.6 is 34.5 Å². The van der Waals surface area contributed by atoms with Crippen molar-refractivity contribution in [2.24, 2.45) is 5.92 Å². The van der Waals surface area contributed by atoms with Crippen molar-refractivity contribution in [2.75, 3.05) is 6.54 Å². The Labute approximate surface area is 153 Å². The van der Waals surface area contributed by atoms with Crippen LogP contribution in [0, 0.1) is 5.92 Å². The number of rotatable bonds is 6. The third-order valence-corrected chi connectivity index (χ3v) is 6.63. The fourth-order valence-electron chi connectivity index (χ4n) is 3.21. The van der Waals surface area contributed by atoms with Crippen molar-refractivity contribution in [1.82, 2.24) is 5.32 Å². The minimum absolute atomic E-state index is 0.623. The minimum Gasteiger partial charge on any atom is -0.312 e. The number of aryl methyl sites for hydroxylation is 1. The van der Waals surface area contributed by atoms with E-state index in [-0.39, 0.29) is 0 Å². The number of hydrogen-bond donors (Lipinski definition) is 1. The molecule has 4 heteroatoms. The SMILES string of the molecule is CCC1CCc2cc(CNCCc3ccc(Cl)c(Cl)c3)sc2C1. The van der Waals surface area contributed by atoms with E-state index in [1.165, 1.54) is 36.1 Å². The lowest BCUT2D eigenvalue weighted by molar-refractivity contribution is 0.450. The summed E-state index contributed by atoms with van der Waals surface area (Å²) in [5.74, 6) is 0.900. The molecule has 0 saturated carbocycles. The fraction of sp³-hybridized carbons (Fsp3) is 0.474. The van der Waals surface area contributed by atoms with Crippen LogP contribution in [0.4, 0.5) is 0 Å². The molecule has 0 amide bonds. The Balaban J connectivity index is 1.48. The van der Waals surface area contributed by atoms with Gasteiger partial charge in [0.15, 0.2) is 0 Å². The van der Waals surface area contributed by atoms with Gasteiger partial charge in [0.1, 0.15) is 0 Å². The summed E-state index contributed by atoms with van der Waals surface area (Å²) in [6, 6.07) is 8.29. The van der Waals surface area contributed by atoms with Crippen LogP contribution < -0.4 is 5.32 Å². The summed E-state index contributed by atoms with van der Waals surface area (Å²) in [7, 11) is 0. The predicted molar refractivity (Wildman–Crippen MR) is 102 cm³/mol. The van der Waals surface area contributed by atoms with Crippen LogP contribution in [0.25, 0.3) is 0 Å². The molecular weight excluding hydrogens is 345 g/mol. The molecule has 0 fully saturated rings. The summed E-state index contributed by atoms with van der Waals surface area (Å²) >= 11 is 14.0. The van der Waals surface area contributed by atoms with Crippen molar-refractivity contribution in [1.29, 1.82) is 0 Å². The number of nitrogens with one attached hydrogen (secondary N) is 1. The molecule has 1 nitrogen and oxygen atoms in total.